The van der Waals surface area contributed by atoms with E-state index in [1.165, 1.54) is 25.5 Å². The molecule has 0 saturated carbocycles. The maximum absolute atomic E-state index is 13.5. The smallest absolute Gasteiger partial charge is 0.239 e. The zero-order chi connectivity index (χ0) is 16.7. The molecule has 2 aromatic rings. The van der Waals surface area contributed by atoms with E-state index in [4.69, 9.17) is 9.15 Å². The lowest BCUT2D eigenvalue weighted by Crippen LogP contribution is -2.37. The van der Waals surface area contributed by atoms with Gasteiger partial charge in [-0.05, 0) is 29.8 Å². The van der Waals surface area contributed by atoms with Gasteiger partial charge in [0.25, 0.3) is 0 Å². The molecule has 0 bridgehead atoms. The van der Waals surface area contributed by atoms with Gasteiger partial charge in [0.05, 0.1) is 32.9 Å². The van der Waals surface area contributed by atoms with Crippen molar-refractivity contribution in [1.82, 2.24) is 10.6 Å². The second-order valence-electron chi connectivity index (χ2n) is 4.78. The highest BCUT2D eigenvalue weighted by atomic mass is 19.1. The van der Waals surface area contributed by atoms with Crippen LogP contribution in [0.1, 0.15) is 11.3 Å². The van der Waals surface area contributed by atoms with E-state index in [1.54, 1.807) is 18.2 Å². The highest BCUT2D eigenvalue weighted by molar-refractivity contribution is 5.85. The van der Waals surface area contributed by atoms with Crippen LogP contribution in [-0.2, 0) is 22.6 Å². The molecule has 0 aliphatic heterocycles. The van der Waals surface area contributed by atoms with Crippen LogP contribution in [0.4, 0.5) is 4.39 Å². The van der Waals surface area contributed by atoms with Gasteiger partial charge in [0, 0.05) is 0 Å². The van der Waals surface area contributed by atoms with E-state index < -0.39 is 5.82 Å². The lowest BCUT2D eigenvalue weighted by molar-refractivity contribution is -0.125. The van der Waals surface area contributed by atoms with Crippen LogP contribution in [0, 0.1) is 5.82 Å². The fourth-order valence-corrected chi connectivity index (χ4v) is 1.91. The van der Waals surface area contributed by atoms with E-state index in [9.17, 15) is 14.0 Å². The van der Waals surface area contributed by atoms with Crippen molar-refractivity contribution < 1.29 is 23.1 Å². The first kappa shape index (κ1) is 16.5. The molecule has 1 heterocycles. The lowest BCUT2D eigenvalue weighted by Gasteiger charge is -2.07. The number of carbonyl (C=O) groups excluding carboxylic acids is 2. The average molecular weight is 320 g/mol. The molecule has 23 heavy (non-hydrogen) atoms. The molecule has 2 rings (SSSR count). The Morgan fingerprint density at radius 2 is 2.04 bits per heavy atom. The second-order valence-corrected chi connectivity index (χ2v) is 4.78. The van der Waals surface area contributed by atoms with E-state index in [1.807, 2.05) is 0 Å². The molecular formula is C16H17FN2O4. The summed E-state index contributed by atoms with van der Waals surface area (Å²) in [4.78, 5) is 23.3. The zero-order valence-electron chi connectivity index (χ0n) is 12.6. The number of halogens is 1. The second kappa shape index (κ2) is 7.98. The van der Waals surface area contributed by atoms with Crippen molar-refractivity contribution in [3.05, 3.63) is 53.7 Å². The van der Waals surface area contributed by atoms with Crippen LogP contribution in [-0.4, -0.2) is 25.5 Å². The number of ether oxygens (including phenoxy) is 1. The van der Waals surface area contributed by atoms with Crippen molar-refractivity contribution in [2.75, 3.05) is 13.7 Å². The number of nitrogens with one attached hydrogen (secondary N) is 2. The zero-order valence-corrected chi connectivity index (χ0v) is 12.6. The molecule has 0 fully saturated rings. The van der Waals surface area contributed by atoms with Crippen molar-refractivity contribution in [2.24, 2.45) is 0 Å². The molecule has 0 aliphatic carbocycles. The number of benzene rings is 1. The Hall–Kier alpha value is -2.83. The van der Waals surface area contributed by atoms with Crippen LogP contribution in [0.15, 0.2) is 41.0 Å². The average Bonchev–Trinajstić information content (AvgIpc) is 3.04. The minimum atomic E-state index is -0.533. The van der Waals surface area contributed by atoms with Gasteiger partial charge in [-0.1, -0.05) is 6.07 Å². The van der Waals surface area contributed by atoms with Crippen molar-refractivity contribution in [3.63, 3.8) is 0 Å². The maximum Gasteiger partial charge on any atom is 0.239 e. The van der Waals surface area contributed by atoms with Crippen molar-refractivity contribution >= 4 is 11.8 Å². The van der Waals surface area contributed by atoms with E-state index >= 15 is 0 Å². The predicted octanol–water partition coefficient (Wildman–Crippen LogP) is 1.40. The summed E-state index contributed by atoms with van der Waals surface area (Å²) in [5, 5.41) is 5.08. The molecule has 2 amide bonds. The largest absolute Gasteiger partial charge is 0.494 e. The number of furan rings is 1. The predicted molar refractivity (Wildman–Crippen MR) is 80.2 cm³/mol. The van der Waals surface area contributed by atoms with Crippen LogP contribution >= 0.6 is 0 Å². The minimum absolute atomic E-state index is 0.0215. The summed E-state index contributed by atoms with van der Waals surface area (Å²) < 4.78 is 23.4. The molecule has 1 aromatic carbocycles. The number of hydrogen-bond donors (Lipinski definition) is 2. The Labute approximate surface area is 132 Å². The van der Waals surface area contributed by atoms with Crippen molar-refractivity contribution in [2.45, 2.75) is 13.0 Å². The molecule has 0 saturated heterocycles. The van der Waals surface area contributed by atoms with Crippen LogP contribution in [0.2, 0.25) is 0 Å². The summed E-state index contributed by atoms with van der Waals surface area (Å²) in [6, 6.07) is 7.73. The number of methoxy groups -OCH3 is 1. The summed E-state index contributed by atoms with van der Waals surface area (Å²) >= 11 is 0. The highest BCUT2D eigenvalue weighted by Crippen LogP contribution is 2.17. The van der Waals surface area contributed by atoms with Crippen molar-refractivity contribution in [3.8, 4) is 5.75 Å². The normalized spacial score (nSPS) is 10.2. The first-order chi connectivity index (χ1) is 11.1. The van der Waals surface area contributed by atoms with E-state index in [-0.39, 0.29) is 37.1 Å². The third-order valence-corrected chi connectivity index (χ3v) is 3.07. The monoisotopic (exact) mass is 320 g/mol. The SMILES string of the molecule is COc1ccc(CC(=O)NCC(=O)NCc2ccco2)cc1F. The van der Waals surface area contributed by atoms with Gasteiger partial charge < -0.3 is 19.8 Å². The quantitative estimate of drug-likeness (QED) is 0.808. The fraction of sp³-hybridized carbons (Fsp3) is 0.250. The van der Waals surface area contributed by atoms with Gasteiger partial charge in [0.15, 0.2) is 11.6 Å². The van der Waals surface area contributed by atoms with E-state index in [0.29, 0.717) is 11.3 Å². The van der Waals surface area contributed by atoms with Crippen LogP contribution in [0.3, 0.4) is 0 Å². The van der Waals surface area contributed by atoms with Crippen LogP contribution in [0.5, 0.6) is 5.75 Å². The molecule has 2 N–H and O–H groups in total. The van der Waals surface area contributed by atoms with Gasteiger partial charge in [-0.3, -0.25) is 9.59 Å². The van der Waals surface area contributed by atoms with Gasteiger partial charge in [0.1, 0.15) is 5.76 Å². The van der Waals surface area contributed by atoms with Gasteiger partial charge in [-0.25, -0.2) is 4.39 Å². The van der Waals surface area contributed by atoms with Crippen molar-refractivity contribution in [1.29, 1.82) is 0 Å². The molecular weight excluding hydrogens is 303 g/mol. The van der Waals surface area contributed by atoms with Gasteiger partial charge in [-0.15, -0.1) is 0 Å². The number of hydrogen-bond acceptors (Lipinski definition) is 4. The number of rotatable bonds is 7. The Kier molecular flexibility index (Phi) is 5.74. The maximum atomic E-state index is 13.5. The Morgan fingerprint density at radius 3 is 2.70 bits per heavy atom. The summed E-state index contributed by atoms with van der Waals surface area (Å²) in [5.41, 5.74) is 0.497. The molecule has 122 valence electrons. The highest BCUT2D eigenvalue weighted by Gasteiger charge is 2.09. The fourth-order valence-electron chi connectivity index (χ4n) is 1.91. The Balaban J connectivity index is 1.74. The summed E-state index contributed by atoms with van der Waals surface area (Å²) in [5.74, 6) is -0.503. The molecule has 0 unspecified atom stereocenters. The standard InChI is InChI=1S/C16H17FN2O4/c1-22-14-5-4-11(7-13(14)17)8-15(20)19-10-16(21)18-9-12-3-2-6-23-12/h2-7H,8-10H2,1H3,(H,18,21)(H,19,20). The van der Waals surface area contributed by atoms with Crippen LogP contribution < -0.4 is 15.4 Å². The lowest BCUT2D eigenvalue weighted by atomic mass is 10.1. The minimum Gasteiger partial charge on any atom is -0.494 e. The third-order valence-electron chi connectivity index (χ3n) is 3.07. The number of amides is 2. The van der Waals surface area contributed by atoms with E-state index in [2.05, 4.69) is 10.6 Å². The summed E-state index contributed by atoms with van der Waals surface area (Å²) in [7, 11) is 1.37. The molecule has 6 nitrogen and oxygen atoms in total. The Morgan fingerprint density at radius 1 is 1.22 bits per heavy atom. The summed E-state index contributed by atoms with van der Waals surface area (Å²) in [6.07, 6.45) is 1.49. The third kappa shape index (κ3) is 5.14. The summed E-state index contributed by atoms with van der Waals surface area (Å²) in [6.45, 7) is 0.101. The topological polar surface area (TPSA) is 80.6 Å². The van der Waals surface area contributed by atoms with E-state index in [0.717, 1.165) is 0 Å². The van der Waals surface area contributed by atoms with Crippen LogP contribution in [0.25, 0.3) is 0 Å². The molecule has 1 aromatic heterocycles. The van der Waals surface area contributed by atoms with Gasteiger partial charge in [-0.2, -0.15) is 0 Å². The molecule has 0 atom stereocenters. The first-order valence-corrected chi connectivity index (χ1v) is 6.96. The Bertz CT molecular complexity index is 671. The van der Waals surface area contributed by atoms with Gasteiger partial charge in [0.2, 0.25) is 11.8 Å². The molecule has 0 spiro atoms. The number of carbonyl (C=O) groups is 2. The molecule has 0 radical (unpaired) electrons. The van der Waals surface area contributed by atoms with Gasteiger partial charge >= 0.3 is 0 Å². The first-order valence-electron chi connectivity index (χ1n) is 6.96. The molecule has 0 aliphatic rings. The molecule has 7 heteroatoms.